The van der Waals surface area contributed by atoms with Gasteiger partial charge in [-0.2, -0.15) is 0 Å². The highest BCUT2D eigenvalue weighted by Gasteiger charge is 2.34. The zero-order valence-corrected chi connectivity index (χ0v) is 12.5. The number of likely N-dealkylation sites (tertiary alicyclic amines) is 1. The van der Waals surface area contributed by atoms with Crippen LogP contribution in [0.4, 0.5) is 0 Å². The van der Waals surface area contributed by atoms with Crippen LogP contribution in [0, 0.1) is 5.92 Å². The van der Waals surface area contributed by atoms with E-state index in [0.29, 0.717) is 11.6 Å². The highest BCUT2D eigenvalue weighted by atomic mass is 35.5. The van der Waals surface area contributed by atoms with Gasteiger partial charge in [-0.25, -0.2) is 0 Å². The van der Waals surface area contributed by atoms with Crippen LogP contribution in [0.15, 0.2) is 24.3 Å². The summed E-state index contributed by atoms with van der Waals surface area (Å²) >= 11 is 6.09. The van der Waals surface area contributed by atoms with Gasteiger partial charge in [-0.15, -0.1) is 0 Å². The molecule has 2 atom stereocenters. The Labute approximate surface area is 125 Å². The summed E-state index contributed by atoms with van der Waals surface area (Å²) in [6.07, 6.45) is 3.55. The Hall–Kier alpha value is -0.610. The van der Waals surface area contributed by atoms with Gasteiger partial charge in [-0.05, 0) is 44.3 Å². The van der Waals surface area contributed by atoms with Crippen LogP contribution < -0.4 is 5.32 Å². The fourth-order valence-corrected chi connectivity index (χ4v) is 3.34. The first kappa shape index (κ1) is 14.3. The van der Waals surface area contributed by atoms with Crippen molar-refractivity contribution in [3.8, 4) is 0 Å². The van der Waals surface area contributed by atoms with E-state index in [1.807, 2.05) is 24.3 Å². The van der Waals surface area contributed by atoms with Crippen molar-refractivity contribution in [3.05, 3.63) is 34.9 Å². The molecule has 2 aliphatic rings. The van der Waals surface area contributed by atoms with Crippen LogP contribution in [0.5, 0.6) is 0 Å². The first-order valence-electron chi connectivity index (χ1n) is 7.61. The summed E-state index contributed by atoms with van der Waals surface area (Å²) < 4.78 is 0. The second kappa shape index (κ2) is 6.44. The molecule has 3 rings (SSSR count). The lowest BCUT2D eigenvalue weighted by Crippen LogP contribution is -2.30. The number of nitrogens with one attached hydrogen (secondary N) is 1. The normalized spacial score (nSPS) is 25.0. The lowest BCUT2D eigenvalue weighted by molar-refractivity contribution is 0.172. The van der Waals surface area contributed by atoms with Crippen LogP contribution in [-0.4, -0.2) is 42.2 Å². The molecule has 1 heterocycles. The number of aliphatic hydroxyl groups is 1. The van der Waals surface area contributed by atoms with E-state index in [0.717, 1.165) is 24.1 Å². The molecule has 110 valence electrons. The third-order valence-corrected chi connectivity index (χ3v) is 4.76. The molecule has 0 spiro atoms. The van der Waals surface area contributed by atoms with E-state index in [9.17, 15) is 5.11 Å². The monoisotopic (exact) mass is 294 g/mol. The minimum Gasteiger partial charge on any atom is -0.387 e. The van der Waals surface area contributed by atoms with Crippen LogP contribution in [0.25, 0.3) is 0 Å². The van der Waals surface area contributed by atoms with E-state index in [1.165, 1.54) is 32.4 Å². The second-order valence-electron chi connectivity index (χ2n) is 6.08. The summed E-state index contributed by atoms with van der Waals surface area (Å²) in [6.45, 7) is 4.04. The molecular weight excluding hydrogens is 272 g/mol. The van der Waals surface area contributed by atoms with Gasteiger partial charge in [0.25, 0.3) is 0 Å². The zero-order valence-electron chi connectivity index (χ0n) is 11.8. The number of benzene rings is 1. The number of hydrogen-bond donors (Lipinski definition) is 2. The van der Waals surface area contributed by atoms with Gasteiger partial charge in [0.1, 0.15) is 0 Å². The van der Waals surface area contributed by atoms with E-state index in [4.69, 9.17) is 11.6 Å². The van der Waals surface area contributed by atoms with Crippen molar-refractivity contribution >= 4 is 11.6 Å². The maximum atomic E-state index is 10.2. The summed E-state index contributed by atoms with van der Waals surface area (Å²) in [4.78, 5) is 2.62. The van der Waals surface area contributed by atoms with Crippen molar-refractivity contribution in [2.45, 2.75) is 31.4 Å². The molecule has 2 fully saturated rings. The number of hydrogen-bond acceptors (Lipinski definition) is 3. The van der Waals surface area contributed by atoms with E-state index < -0.39 is 6.10 Å². The number of halogens is 1. The van der Waals surface area contributed by atoms with Crippen molar-refractivity contribution in [2.75, 3.05) is 26.2 Å². The maximum absolute atomic E-state index is 10.2. The number of rotatable bonds is 6. The Bertz CT molecular complexity index is 450. The van der Waals surface area contributed by atoms with Gasteiger partial charge < -0.3 is 15.3 Å². The fraction of sp³-hybridized carbons (Fsp3) is 0.625. The van der Waals surface area contributed by atoms with Crippen LogP contribution in [-0.2, 0) is 0 Å². The molecule has 2 N–H and O–H groups in total. The van der Waals surface area contributed by atoms with E-state index >= 15 is 0 Å². The smallest absolute Gasteiger partial charge is 0.0928 e. The maximum Gasteiger partial charge on any atom is 0.0928 e. The van der Waals surface area contributed by atoms with E-state index in [-0.39, 0.29) is 0 Å². The van der Waals surface area contributed by atoms with E-state index in [2.05, 4.69) is 10.2 Å². The molecule has 4 heteroatoms. The molecule has 1 aliphatic heterocycles. The molecule has 0 bridgehead atoms. The summed E-state index contributed by atoms with van der Waals surface area (Å²) in [5, 5.41) is 14.2. The molecular formula is C16H23ClN2O. The average molecular weight is 295 g/mol. The number of nitrogens with zero attached hydrogens (tertiary/aromatic N) is 1. The third kappa shape index (κ3) is 3.53. The Morgan fingerprint density at radius 3 is 2.85 bits per heavy atom. The predicted molar refractivity (Wildman–Crippen MR) is 82.0 cm³/mol. The quantitative estimate of drug-likeness (QED) is 0.846. The predicted octanol–water partition coefficient (Wildman–Crippen LogP) is 2.45. The Kier molecular flexibility index (Phi) is 4.61. The molecule has 0 radical (unpaired) electrons. The summed E-state index contributed by atoms with van der Waals surface area (Å²) in [7, 11) is 0. The molecule has 0 aromatic heterocycles. The van der Waals surface area contributed by atoms with Crippen molar-refractivity contribution in [1.82, 2.24) is 10.2 Å². The third-order valence-electron chi connectivity index (χ3n) is 4.42. The fourth-order valence-electron chi connectivity index (χ4n) is 3.08. The summed E-state index contributed by atoms with van der Waals surface area (Å²) in [6, 6.07) is 8.39. The van der Waals surface area contributed by atoms with E-state index in [1.54, 1.807) is 0 Å². The Balaban J connectivity index is 1.40. The molecule has 2 unspecified atom stereocenters. The van der Waals surface area contributed by atoms with Gasteiger partial charge >= 0.3 is 0 Å². The molecule has 0 amide bonds. The molecule has 1 aliphatic carbocycles. The van der Waals surface area contributed by atoms with Crippen LogP contribution in [0.3, 0.4) is 0 Å². The zero-order chi connectivity index (χ0) is 13.9. The molecule has 1 aromatic rings. The van der Waals surface area contributed by atoms with Crippen molar-refractivity contribution in [3.63, 3.8) is 0 Å². The van der Waals surface area contributed by atoms with Gasteiger partial charge in [0, 0.05) is 29.7 Å². The van der Waals surface area contributed by atoms with Gasteiger partial charge in [0.15, 0.2) is 0 Å². The summed E-state index contributed by atoms with van der Waals surface area (Å²) in [5.74, 6) is 0.731. The van der Waals surface area contributed by atoms with Crippen LogP contribution in [0.2, 0.25) is 5.02 Å². The first-order valence-corrected chi connectivity index (χ1v) is 7.99. The Morgan fingerprint density at radius 1 is 1.30 bits per heavy atom. The lowest BCUT2D eigenvalue weighted by Gasteiger charge is -2.17. The lowest BCUT2D eigenvalue weighted by atomic mass is 10.1. The largest absolute Gasteiger partial charge is 0.387 e. The van der Waals surface area contributed by atoms with Crippen LogP contribution >= 0.6 is 11.6 Å². The molecule has 3 nitrogen and oxygen atoms in total. The summed E-state index contributed by atoms with van der Waals surface area (Å²) in [5.41, 5.74) is 0.813. The Morgan fingerprint density at radius 2 is 2.10 bits per heavy atom. The first-order chi connectivity index (χ1) is 9.74. The number of aliphatic hydroxyl groups excluding tert-OH is 1. The minimum absolute atomic E-state index is 0.523. The van der Waals surface area contributed by atoms with Crippen molar-refractivity contribution in [2.24, 2.45) is 5.92 Å². The van der Waals surface area contributed by atoms with Gasteiger partial charge in [0.2, 0.25) is 0 Å². The highest BCUT2D eigenvalue weighted by molar-refractivity contribution is 6.31. The average Bonchev–Trinajstić information content (AvgIpc) is 3.19. The second-order valence-corrected chi connectivity index (χ2v) is 6.48. The van der Waals surface area contributed by atoms with Crippen molar-refractivity contribution < 1.29 is 5.11 Å². The molecule has 20 heavy (non-hydrogen) atoms. The van der Waals surface area contributed by atoms with Gasteiger partial charge in [-0.3, -0.25) is 0 Å². The van der Waals surface area contributed by atoms with Gasteiger partial charge in [0.05, 0.1) is 6.10 Å². The topological polar surface area (TPSA) is 35.5 Å². The van der Waals surface area contributed by atoms with Crippen molar-refractivity contribution in [1.29, 1.82) is 0 Å². The SMILES string of the molecule is OC(CNCC1CCN(C2CC2)C1)c1ccccc1Cl. The molecule has 1 saturated heterocycles. The highest BCUT2D eigenvalue weighted by Crippen LogP contribution is 2.31. The van der Waals surface area contributed by atoms with Crippen LogP contribution in [0.1, 0.15) is 30.9 Å². The standard InChI is InChI=1S/C16H23ClN2O/c17-15-4-2-1-3-14(15)16(20)10-18-9-12-7-8-19(11-12)13-5-6-13/h1-4,12-13,16,18,20H,5-11H2. The van der Waals surface area contributed by atoms with Gasteiger partial charge in [-0.1, -0.05) is 29.8 Å². The molecule has 1 aromatic carbocycles. The minimum atomic E-state index is -0.523. The molecule has 1 saturated carbocycles.